The summed E-state index contributed by atoms with van der Waals surface area (Å²) in [5.41, 5.74) is 0. The Labute approximate surface area is 61.8 Å². The van der Waals surface area contributed by atoms with Gasteiger partial charge in [0.25, 0.3) is 0 Å². The molecule has 0 spiro atoms. The van der Waals surface area contributed by atoms with Crippen molar-refractivity contribution in [1.29, 1.82) is 0 Å². The van der Waals surface area contributed by atoms with Gasteiger partial charge in [0.1, 0.15) is 0 Å². The van der Waals surface area contributed by atoms with Gasteiger partial charge in [-0.15, -0.1) is 0 Å². The molecule has 0 unspecified atom stereocenters. The van der Waals surface area contributed by atoms with Crippen molar-refractivity contribution in [3.63, 3.8) is 0 Å². The summed E-state index contributed by atoms with van der Waals surface area (Å²) in [7, 11) is 0. The van der Waals surface area contributed by atoms with E-state index in [1.54, 1.807) is 0 Å². The van der Waals surface area contributed by atoms with E-state index < -0.39 is 0 Å². The zero-order valence-electron chi connectivity index (χ0n) is 5.25. The molecule has 0 bridgehead atoms. The largest absolute Gasteiger partial charge is 0.357 e. The first-order chi connectivity index (χ1) is 3.83. The SMILES string of the molecule is CCNCC.Cl[B]Cl. The van der Waals surface area contributed by atoms with Gasteiger partial charge in [-0.3, -0.25) is 0 Å². The van der Waals surface area contributed by atoms with E-state index in [1.165, 1.54) is 0 Å². The molecule has 0 heterocycles. The fourth-order valence-electron chi connectivity index (χ4n) is 0.250. The van der Waals surface area contributed by atoms with Gasteiger partial charge in [-0.1, -0.05) is 13.8 Å². The van der Waals surface area contributed by atoms with Crippen LogP contribution in [0.2, 0.25) is 0 Å². The zero-order valence-corrected chi connectivity index (χ0v) is 6.76. The molecule has 0 aliphatic heterocycles. The predicted octanol–water partition coefficient (Wildman–Crippen LogP) is 1.61. The van der Waals surface area contributed by atoms with E-state index in [9.17, 15) is 0 Å². The van der Waals surface area contributed by atoms with Crippen LogP contribution in [0.25, 0.3) is 0 Å². The van der Waals surface area contributed by atoms with Crippen molar-refractivity contribution < 1.29 is 0 Å². The van der Waals surface area contributed by atoms with E-state index in [0.717, 1.165) is 19.2 Å². The molecule has 1 N–H and O–H groups in total. The molecule has 0 saturated carbocycles. The molecule has 0 aromatic carbocycles. The summed E-state index contributed by atoms with van der Waals surface area (Å²) < 4.78 is 0. The Hall–Kier alpha value is 0.605. The molecule has 0 atom stereocenters. The predicted molar refractivity (Wildman–Crippen MR) is 41.7 cm³/mol. The van der Waals surface area contributed by atoms with Gasteiger partial charge in [0, 0.05) is 0 Å². The van der Waals surface area contributed by atoms with Crippen LogP contribution in [0.5, 0.6) is 0 Å². The molecular weight excluding hydrogens is 144 g/mol. The van der Waals surface area contributed by atoms with Crippen molar-refractivity contribution in [3.05, 3.63) is 0 Å². The van der Waals surface area contributed by atoms with Crippen molar-refractivity contribution in [3.8, 4) is 0 Å². The van der Waals surface area contributed by atoms with E-state index in [4.69, 9.17) is 0 Å². The molecule has 0 aromatic rings. The molecule has 0 rings (SSSR count). The highest BCUT2D eigenvalue weighted by Crippen LogP contribution is 1.67. The summed E-state index contributed by atoms with van der Waals surface area (Å²) in [4.78, 5) is 0. The maximum atomic E-state index is 4.64. The average molecular weight is 155 g/mol. The van der Waals surface area contributed by atoms with E-state index in [2.05, 4.69) is 42.1 Å². The van der Waals surface area contributed by atoms with Gasteiger partial charge in [-0.2, -0.15) is 22.9 Å². The third-order valence-corrected chi connectivity index (χ3v) is 0.500. The summed E-state index contributed by atoms with van der Waals surface area (Å²) >= 11 is 9.28. The van der Waals surface area contributed by atoms with Gasteiger partial charge in [0.2, 0.25) is 0 Å². The Kier molecular flexibility index (Phi) is 22.3. The summed E-state index contributed by atoms with van der Waals surface area (Å²) in [5, 5.41) is 3.11. The van der Waals surface area contributed by atoms with Crippen molar-refractivity contribution in [1.82, 2.24) is 5.32 Å². The quantitative estimate of drug-likeness (QED) is 0.597. The molecule has 49 valence electrons. The minimum absolute atomic E-state index is 0.944. The van der Waals surface area contributed by atoms with Crippen LogP contribution in [0.15, 0.2) is 0 Å². The van der Waals surface area contributed by atoms with Crippen LogP contribution < -0.4 is 5.32 Å². The van der Waals surface area contributed by atoms with Crippen molar-refractivity contribution in [2.45, 2.75) is 13.8 Å². The van der Waals surface area contributed by atoms with Gasteiger partial charge in [-0.25, -0.2) is 0 Å². The van der Waals surface area contributed by atoms with Crippen LogP contribution in [0, 0.1) is 0 Å². The second kappa shape index (κ2) is 15.6. The standard InChI is InChI=1S/C4H11N.BCl2/c1-3-5-4-2;2-1-3/h5H,3-4H2,1-2H3;. The van der Waals surface area contributed by atoms with E-state index in [0.29, 0.717) is 0 Å². The number of hydrogen-bond donors (Lipinski definition) is 1. The van der Waals surface area contributed by atoms with Crippen molar-refractivity contribution >= 4 is 29.0 Å². The van der Waals surface area contributed by atoms with Gasteiger partial charge >= 0.3 is 6.11 Å². The maximum absolute atomic E-state index is 4.64. The fraction of sp³-hybridized carbons (Fsp3) is 1.00. The lowest BCUT2D eigenvalue weighted by molar-refractivity contribution is 0.762. The topological polar surface area (TPSA) is 12.0 Å². The summed E-state index contributed by atoms with van der Waals surface area (Å²) in [5.74, 6) is 0. The number of hydrogen-bond acceptors (Lipinski definition) is 1. The molecule has 0 saturated heterocycles. The number of nitrogens with one attached hydrogen (secondary N) is 1. The molecule has 0 fully saturated rings. The highest BCUT2D eigenvalue weighted by atomic mass is 35.5. The van der Waals surface area contributed by atoms with E-state index in [1.807, 2.05) is 0 Å². The lowest BCUT2D eigenvalue weighted by Gasteiger charge is -1.86. The molecule has 1 radical (unpaired) electrons. The Morgan fingerprint density at radius 2 is 1.50 bits per heavy atom. The molecule has 0 aliphatic rings. The Bertz CT molecular complexity index is 28.0. The van der Waals surface area contributed by atoms with Gasteiger partial charge in [0.15, 0.2) is 0 Å². The van der Waals surface area contributed by atoms with Crippen molar-refractivity contribution in [2.75, 3.05) is 13.1 Å². The van der Waals surface area contributed by atoms with Crippen LogP contribution in [-0.4, -0.2) is 19.2 Å². The highest BCUT2D eigenvalue weighted by molar-refractivity contribution is 7.22. The number of halogens is 2. The second-order valence-electron chi connectivity index (χ2n) is 1.04. The van der Waals surface area contributed by atoms with E-state index >= 15 is 0 Å². The maximum Gasteiger partial charge on any atom is 0.357 e. The third-order valence-electron chi connectivity index (χ3n) is 0.500. The monoisotopic (exact) mass is 154 g/mol. The summed E-state index contributed by atoms with van der Waals surface area (Å²) in [6.45, 7) is 6.39. The lowest BCUT2D eigenvalue weighted by atomic mass is 10.7. The Morgan fingerprint density at radius 1 is 1.25 bits per heavy atom. The second-order valence-corrected chi connectivity index (χ2v) is 1.70. The molecule has 0 amide bonds. The summed E-state index contributed by atoms with van der Waals surface area (Å²) in [6.07, 6.45) is 0.944. The number of rotatable bonds is 2. The minimum atomic E-state index is 0.944. The zero-order chi connectivity index (χ0) is 6.83. The van der Waals surface area contributed by atoms with Crippen LogP contribution in [0.4, 0.5) is 0 Å². The Balaban J connectivity index is 0. The molecule has 1 nitrogen and oxygen atoms in total. The third kappa shape index (κ3) is 30.6. The minimum Gasteiger partial charge on any atom is -0.317 e. The first-order valence-corrected chi connectivity index (χ1v) is 3.43. The van der Waals surface area contributed by atoms with E-state index in [-0.39, 0.29) is 0 Å². The Morgan fingerprint density at radius 3 is 1.50 bits per heavy atom. The van der Waals surface area contributed by atoms with Crippen LogP contribution in [-0.2, 0) is 0 Å². The normalized spacial score (nSPS) is 7.00. The lowest BCUT2D eigenvalue weighted by Crippen LogP contribution is -2.09. The van der Waals surface area contributed by atoms with Crippen molar-refractivity contribution in [2.24, 2.45) is 0 Å². The van der Waals surface area contributed by atoms with Crippen LogP contribution in [0.1, 0.15) is 13.8 Å². The molecule has 8 heavy (non-hydrogen) atoms. The highest BCUT2D eigenvalue weighted by Gasteiger charge is 1.62. The van der Waals surface area contributed by atoms with Crippen LogP contribution in [0.3, 0.4) is 0 Å². The molecular formula is C4H11BCl2N. The van der Waals surface area contributed by atoms with Crippen LogP contribution >= 0.6 is 22.9 Å². The fourth-order valence-corrected chi connectivity index (χ4v) is 0.250. The smallest absolute Gasteiger partial charge is 0.317 e. The first kappa shape index (κ1) is 11.4. The van der Waals surface area contributed by atoms with Gasteiger partial charge in [-0.05, 0) is 13.1 Å². The van der Waals surface area contributed by atoms with Gasteiger partial charge in [0.05, 0.1) is 0 Å². The van der Waals surface area contributed by atoms with Gasteiger partial charge < -0.3 is 5.32 Å². The first-order valence-electron chi connectivity index (χ1n) is 2.56. The molecule has 0 aliphatic carbocycles. The summed E-state index contributed by atoms with van der Waals surface area (Å²) in [6, 6.07) is 0. The average Bonchev–Trinajstić information content (AvgIpc) is 1.71. The molecule has 0 aromatic heterocycles. The molecule has 4 heteroatoms.